The summed E-state index contributed by atoms with van der Waals surface area (Å²) in [6.07, 6.45) is 10.1. The number of hydrogen-bond acceptors (Lipinski definition) is 6. The number of hydrogen-bond donors (Lipinski definition) is 0. The van der Waals surface area contributed by atoms with Crippen LogP contribution in [0.4, 0.5) is 0 Å². The van der Waals surface area contributed by atoms with Gasteiger partial charge in [-0.15, -0.1) is 12.8 Å². The fraction of sp³-hybridized carbons (Fsp3) is 0.571. The van der Waals surface area contributed by atoms with E-state index in [9.17, 15) is 13.2 Å². The molecule has 0 spiro atoms. The first kappa shape index (κ1) is 26.1. The summed E-state index contributed by atoms with van der Waals surface area (Å²) in [5, 5.41) is 0. The van der Waals surface area contributed by atoms with Crippen LogP contribution in [0.3, 0.4) is 0 Å². The minimum Gasteiger partial charge on any atom is -0.462 e. The molecule has 1 unspecified atom stereocenters. The highest BCUT2D eigenvalue weighted by Gasteiger charge is 2.21. The molecular weight excluding hydrogens is 378 g/mol. The molecule has 1 aliphatic heterocycles. The van der Waals surface area contributed by atoms with Crippen LogP contribution in [0.1, 0.15) is 39.2 Å². The normalized spacial score (nSPS) is 17.3. The van der Waals surface area contributed by atoms with E-state index in [1.54, 1.807) is 24.3 Å². The number of ether oxygens (including phenoxy) is 1. The molecular formula is C21H33NO5S. The van der Waals surface area contributed by atoms with Crippen molar-refractivity contribution in [3.8, 4) is 12.8 Å². The van der Waals surface area contributed by atoms with Gasteiger partial charge in [-0.1, -0.05) is 17.7 Å². The number of carbonyl (C=O) groups is 1. The van der Waals surface area contributed by atoms with Crippen molar-refractivity contribution in [1.29, 1.82) is 0 Å². The van der Waals surface area contributed by atoms with Crippen LogP contribution in [-0.2, 0) is 23.8 Å². The van der Waals surface area contributed by atoms with Gasteiger partial charge in [0.25, 0.3) is 16.6 Å². The van der Waals surface area contributed by atoms with E-state index < -0.39 is 10.1 Å². The smallest absolute Gasteiger partial charge is 0.296 e. The number of terminal acetylenes is 1. The van der Waals surface area contributed by atoms with Crippen LogP contribution >= 0.6 is 0 Å². The highest BCUT2D eigenvalue weighted by molar-refractivity contribution is 7.86. The predicted molar refractivity (Wildman–Crippen MR) is 111 cm³/mol. The Morgan fingerprint density at radius 2 is 1.79 bits per heavy atom. The molecule has 6 nitrogen and oxygen atoms in total. The molecule has 0 saturated carbocycles. The Kier molecular flexibility index (Phi) is 11.7. The van der Waals surface area contributed by atoms with Crippen LogP contribution < -0.4 is 0 Å². The molecule has 28 heavy (non-hydrogen) atoms. The average Bonchev–Trinajstić information content (AvgIpc) is 2.62. The highest BCUT2D eigenvalue weighted by atomic mass is 32.2. The van der Waals surface area contributed by atoms with Crippen LogP contribution in [0.5, 0.6) is 0 Å². The standard InChI is InChI=1S/C14H21NO3S.C5H10O2.C2H2/c1-12-5-7-14(8-6-12)19(16,17)18-11-13-4-3-9-15(2)10-13;1-5(2,3)7-4-6;1-2/h5-8,13H,3-4,9-11H2,1-2H3;4H,1-3H3;1-2H. The van der Waals surface area contributed by atoms with Crippen LogP contribution in [0.2, 0.25) is 0 Å². The maximum absolute atomic E-state index is 12.0. The van der Waals surface area contributed by atoms with Crippen molar-refractivity contribution in [2.45, 2.75) is 51.0 Å². The van der Waals surface area contributed by atoms with Gasteiger partial charge in [-0.2, -0.15) is 8.42 Å². The van der Waals surface area contributed by atoms with E-state index in [1.807, 2.05) is 27.7 Å². The first-order valence-electron chi connectivity index (χ1n) is 9.13. The topological polar surface area (TPSA) is 72.9 Å². The van der Waals surface area contributed by atoms with E-state index in [4.69, 9.17) is 4.18 Å². The number of carbonyl (C=O) groups excluding carboxylic acids is 1. The molecule has 1 aromatic carbocycles. The van der Waals surface area contributed by atoms with Gasteiger partial charge < -0.3 is 9.64 Å². The van der Waals surface area contributed by atoms with Gasteiger partial charge in [0.1, 0.15) is 5.60 Å². The summed E-state index contributed by atoms with van der Waals surface area (Å²) in [6, 6.07) is 6.75. The third kappa shape index (κ3) is 11.1. The van der Waals surface area contributed by atoms with E-state index in [0.29, 0.717) is 12.4 Å². The van der Waals surface area contributed by atoms with Gasteiger partial charge in [-0.25, -0.2) is 0 Å². The van der Waals surface area contributed by atoms with Crippen molar-refractivity contribution in [2.75, 3.05) is 26.7 Å². The molecule has 158 valence electrons. The van der Waals surface area contributed by atoms with Crippen molar-refractivity contribution in [3.63, 3.8) is 0 Å². The SMILES string of the molecule is C#C.CC(C)(C)OC=O.Cc1ccc(S(=O)(=O)OCC2CCCN(C)C2)cc1. The number of aryl methyl sites for hydroxylation is 1. The third-order valence-corrected chi connectivity index (χ3v) is 5.19. The molecule has 1 atom stereocenters. The van der Waals surface area contributed by atoms with Crippen molar-refractivity contribution in [1.82, 2.24) is 4.90 Å². The second-order valence-electron chi connectivity index (χ2n) is 7.65. The Labute approximate surface area is 170 Å². The van der Waals surface area contributed by atoms with Gasteiger partial charge >= 0.3 is 0 Å². The van der Waals surface area contributed by atoms with Crippen molar-refractivity contribution in [2.24, 2.45) is 5.92 Å². The lowest BCUT2D eigenvalue weighted by Gasteiger charge is -2.29. The van der Waals surface area contributed by atoms with Crippen LogP contribution in [-0.4, -0.2) is 52.1 Å². The maximum Gasteiger partial charge on any atom is 0.296 e. The van der Waals surface area contributed by atoms with Gasteiger partial charge in [0.05, 0.1) is 11.5 Å². The van der Waals surface area contributed by atoms with Crippen LogP contribution in [0, 0.1) is 25.7 Å². The van der Waals surface area contributed by atoms with Crippen molar-refractivity contribution in [3.05, 3.63) is 29.8 Å². The van der Waals surface area contributed by atoms with E-state index in [1.165, 1.54) is 0 Å². The van der Waals surface area contributed by atoms with Crippen molar-refractivity contribution < 1.29 is 22.1 Å². The lowest BCUT2D eigenvalue weighted by molar-refractivity contribution is -0.138. The van der Waals surface area contributed by atoms with E-state index in [0.717, 1.165) is 31.5 Å². The van der Waals surface area contributed by atoms with Gasteiger partial charge in [-0.05, 0) is 72.2 Å². The molecule has 0 amide bonds. The molecule has 1 saturated heterocycles. The molecule has 0 radical (unpaired) electrons. The average molecular weight is 412 g/mol. The Morgan fingerprint density at radius 1 is 1.21 bits per heavy atom. The number of piperidine rings is 1. The number of rotatable bonds is 5. The summed E-state index contributed by atoms with van der Waals surface area (Å²) < 4.78 is 33.8. The zero-order chi connectivity index (χ0) is 21.8. The molecule has 2 rings (SSSR count). The molecule has 0 N–H and O–H groups in total. The molecule has 0 aromatic heterocycles. The van der Waals surface area contributed by atoms with E-state index >= 15 is 0 Å². The first-order chi connectivity index (χ1) is 13.0. The number of benzene rings is 1. The molecule has 1 heterocycles. The summed E-state index contributed by atoms with van der Waals surface area (Å²) in [5.41, 5.74) is 0.717. The predicted octanol–water partition coefficient (Wildman–Crippen LogP) is 3.25. The lowest BCUT2D eigenvalue weighted by atomic mass is 10.00. The van der Waals surface area contributed by atoms with E-state index in [-0.39, 0.29) is 17.1 Å². The second-order valence-corrected chi connectivity index (χ2v) is 9.26. The van der Waals surface area contributed by atoms with E-state index in [2.05, 4.69) is 29.5 Å². The molecule has 1 aromatic rings. The monoisotopic (exact) mass is 411 g/mol. The zero-order valence-electron chi connectivity index (χ0n) is 17.6. The lowest BCUT2D eigenvalue weighted by Crippen LogP contribution is -2.34. The molecule has 1 aliphatic rings. The quantitative estimate of drug-likeness (QED) is 0.421. The molecule has 7 heteroatoms. The zero-order valence-corrected chi connectivity index (χ0v) is 18.4. The summed E-state index contributed by atoms with van der Waals surface area (Å²) in [6.45, 7) is 10.1. The molecule has 0 bridgehead atoms. The Bertz CT molecular complexity index is 690. The number of nitrogens with zero attached hydrogens (tertiary/aromatic N) is 1. The van der Waals surface area contributed by atoms with Gasteiger partial charge in [0, 0.05) is 6.54 Å². The summed E-state index contributed by atoms with van der Waals surface area (Å²) in [5.74, 6) is 0.305. The van der Waals surface area contributed by atoms with Crippen LogP contribution in [0.15, 0.2) is 29.2 Å². The second kappa shape index (κ2) is 12.6. The Balaban J connectivity index is 0.000000688. The maximum atomic E-state index is 12.0. The van der Waals surface area contributed by atoms with Gasteiger partial charge in [0.15, 0.2) is 0 Å². The summed E-state index contributed by atoms with van der Waals surface area (Å²) in [7, 11) is -1.56. The Hall–Kier alpha value is -1.88. The first-order valence-corrected chi connectivity index (χ1v) is 10.5. The Morgan fingerprint density at radius 3 is 2.21 bits per heavy atom. The van der Waals surface area contributed by atoms with Gasteiger partial charge in [-0.3, -0.25) is 8.98 Å². The highest BCUT2D eigenvalue weighted by Crippen LogP contribution is 2.19. The largest absolute Gasteiger partial charge is 0.462 e. The fourth-order valence-electron chi connectivity index (χ4n) is 2.51. The minimum absolute atomic E-state index is 0.238. The fourth-order valence-corrected chi connectivity index (χ4v) is 3.49. The summed E-state index contributed by atoms with van der Waals surface area (Å²) in [4.78, 5) is 12.1. The van der Waals surface area contributed by atoms with Gasteiger partial charge in [0.2, 0.25) is 0 Å². The van der Waals surface area contributed by atoms with Crippen LogP contribution in [0.25, 0.3) is 0 Å². The third-order valence-electron chi connectivity index (χ3n) is 3.89. The summed E-state index contributed by atoms with van der Waals surface area (Å²) >= 11 is 0. The molecule has 1 fully saturated rings. The minimum atomic E-state index is -3.61. The number of likely N-dealkylation sites (tertiary alicyclic amines) is 1. The van der Waals surface area contributed by atoms with Crippen molar-refractivity contribution >= 4 is 16.6 Å². The molecule has 0 aliphatic carbocycles.